The molecule has 3 heteroatoms. The van der Waals surface area contributed by atoms with Crippen LogP contribution in [0.25, 0.3) is 0 Å². The molecule has 0 aliphatic heterocycles. The number of carbonyl (C=O) groups excluding carboxylic acids is 1. The number of likely N-dealkylation sites (N-methyl/N-ethyl adjacent to an activating group) is 1. The minimum absolute atomic E-state index is 0.0637. The molecule has 1 aliphatic carbocycles. The second-order valence-electron chi connectivity index (χ2n) is 4.06. The highest BCUT2D eigenvalue weighted by Gasteiger charge is 2.27. The molecule has 0 saturated heterocycles. The summed E-state index contributed by atoms with van der Waals surface area (Å²) in [5.41, 5.74) is 0. The highest BCUT2D eigenvalue weighted by Crippen LogP contribution is 2.36. The standard InChI is InChI=1S/C10H20N2O/c1-7(9-4-5-9)6-12-8(2)10(13)11-3/h7-9,12H,4-6H2,1-3H3,(H,11,13). The molecule has 0 aromatic rings. The number of carbonyl (C=O) groups is 1. The van der Waals surface area contributed by atoms with E-state index in [4.69, 9.17) is 0 Å². The summed E-state index contributed by atoms with van der Waals surface area (Å²) in [6, 6.07) is -0.0637. The molecule has 2 N–H and O–H groups in total. The number of hydrogen-bond donors (Lipinski definition) is 2. The van der Waals surface area contributed by atoms with Crippen LogP contribution < -0.4 is 10.6 Å². The summed E-state index contributed by atoms with van der Waals surface area (Å²) in [6.07, 6.45) is 2.74. The van der Waals surface area contributed by atoms with Crippen LogP contribution in [0.15, 0.2) is 0 Å². The third-order valence-corrected chi connectivity index (χ3v) is 2.81. The Hall–Kier alpha value is -0.570. The molecule has 2 unspecified atom stereocenters. The fourth-order valence-corrected chi connectivity index (χ4v) is 1.50. The SMILES string of the molecule is CNC(=O)C(C)NCC(C)C1CC1. The molecular formula is C10H20N2O. The van der Waals surface area contributed by atoms with Crippen LogP contribution in [0.5, 0.6) is 0 Å². The lowest BCUT2D eigenvalue weighted by Crippen LogP contribution is -2.42. The summed E-state index contributed by atoms with van der Waals surface area (Å²) in [5, 5.41) is 5.87. The molecule has 3 nitrogen and oxygen atoms in total. The van der Waals surface area contributed by atoms with Crippen molar-refractivity contribution in [1.82, 2.24) is 10.6 Å². The summed E-state index contributed by atoms with van der Waals surface area (Å²) in [5.74, 6) is 1.69. The van der Waals surface area contributed by atoms with Crippen LogP contribution in [0, 0.1) is 11.8 Å². The zero-order valence-electron chi connectivity index (χ0n) is 8.76. The van der Waals surface area contributed by atoms with Gasteiger partial charge in [0.15, 0.2) is 0 Å². The Morgan fingerprint density at radius 3 is 2.54 bits per heavy atom. The number of hydrogen-bond acceptors (Lipinski definition) is 2. The molecule has 0 aromatic carbocycles. The van der Waals surface area contributed by atoms with Crippen LogP contribution >= 0.6 is 0 Å². The van der Waals surface area contributed by atoms with Crippen molar-refractivity contribution in [2.45, 2.75) is 32.7 Å². The number of nitrogens with one attached hydrogen (secondary N) is 2. The summed E-state index contributed by atoms with van der Waals surface area (Å²) < 4.78 is 0. The van der Waals surface area contributed by atoms with E-state index in [1.54, 1.807) is 7.05 Å². The first-order chi connectivity index (χ1) is 6.15. The van der Waals surface area contributed by atoms with E-state index in [0.717, 1.165) is 12.5 Å². The van der Waals surface area contributed by atoms with Crippen LogP contribution in [-0.4, -0.2) is 25.5 Å². The third kappa shape index (κ3) is 3.35. The molecule has 1 aliphatic rings. The first-order valence-electron chi connectivity index (χ1n) is 5.10. The Bertz CT molecular complexity index is 178. The largest absolute Gasteiger partial charge is 0.358 e. The summed E-state index contributed by atoms with van der Waals surface area (Å²) in [7, 11) is 1.67. The van der Waals surface area contributed by atoms with Crippen molar-refractivity contribution in [2.24, 2.45) is 11.8 Å². The van der Waals surface area contributed by atoms with Crippen molar-refractivity contribution in [3.8, 4) is 0 Å². The van der Waals surface area contributed by atoms with Crippen molar-refractivity contribution in [1.29, 1.82) is 0 Å². The van der Waals surface area contributed by atoms with Crippen molar-refractivity contribution in [3.05, 3.63) is 0 Å². The predicted octanol–water partition coefficient (Wildman–Crippen LogP) is 0.757. The van der Waals surface area contributed by atoms with Crippen LogP contribution in [0.3, 0.4) is 0 Å². The quantitative estimate of drug-likeness (QED) is 0.662. The molecule has 1 saturated carbocycles. The van der Waals surface area contributed by atoms with Gasteiger partial charge in [-0.2, -0.15) is 0 Å². The summed E-state index contributed by atoms with van der Waals surface area (Å²) in [6.45, 7) is 5.11. The lowest BCUT2D eigenvalue weighted by atomic mass is 10.1. The fraction of sp³-hybridized carbons (Fsp3) is 0.900. The maximum absolute atomic E-state index is 11.1. The van der Waals surface area contributed by atoms with Gasteiger partial charge in [0.25, 0.3) is 0 Å². The van der Waals surface area contributed by atoms with E-state index in [9.17, 15) is 4.79 Å². The Balaban J connectivity index is 2.13. The third-order valence-electron chi connectivity index (χ3n) is 2.81. The van der Waals surface area contributed by atoms with Crippen LogP contribution in [0.4, 0.5) is 0 Å². The second-order valence-corrected chi connectivity index (χ2v) is 4.06. The van der Waals surface area contributed by atoms with Gasteiger partial charge in [-0.05, 0) is 38.1 Å². The van der Waals surface area contributed by atoms with Crippen molar-refractivity contribution in [2.75, 3.05) is 13.6 Å². The van der Waals surface area contributed by atoms with Gasteiger partial charge in [0, 0.05) is 7.05 Å². The van der Waals surface area contributed by atoms with E-state index in [1.807, 2.05) is 6.92 Å². The van der Waals surface area contributed by atoms with Crippen LogP contribution in [0.2, 0.25) is 0 Å². The maximum Gasteiger partial charge on any atom is 0.236 e. The molecular weight excluding hydrogens is 164 g/mol. The minimum Gasteiger partial charge on any atom is -0.358 e. The molecule has 0 aromatic heterocycles. The zero-order chi connectivity index (χ0) is 9.84. The van der Waals surface area contributed by atoms with Gasteiger partial charge in [-0.15, -0.1) is 0 Å². The summed E-state index contributed by atoms with van der Waals surface area (Å²) in [4.78, 5) is 11.1. The Morgan fingerprint density at radius 2 is 2.08 bits per heavy atom. The Kier molecular flexibility index (Phi) is 3.72. The molecule has 0 radical (unpaired) electrons. The first-order valence-corrected chi connectivity index (χ1v) is 5.10. The number of rotatable bonds is 5. The average molecular weight is 184 g/mol. The molecule has 1 rings (SSSR count). The number of amides is 1. The highest BCUT2D eigenvalue weighted by molar-refractivity contribution is 5.80. The van der Waals surface area contributed by atoms with Crippen LogP contribution in [0.1, 0.15) is 26.7 Å². The van der Waals surface area contributed by atoms with Gasteiger partial charge in [-0.3, -0.25) is 4.79 Å². The molecule has 0 heterocycles. The van der Waals surface area contributed by atoms with E-state index in [1.165, 1.54) is 12.8 Å². The minimum atomic E-state index is -0.0637. The maximum atomic E-state index is 11.1. The first kappa shape index (κ1) is 10.5. The monoisotopic (exact) mass is 184 g/mol. The van der Waals surface area contributed by atoms with Crippen LogP contribution in [-0.2, 0) is 4.79 Å². The van der Waals surface area contributed by atoms with Gasteiger partial charge in [0.2, 0.25) is 5.91 Å². The van der Waals surface area contributed by atoms with Gasteiger partial charge >= 0.3 is 0 Å². The topological polar surface area (TPSA) is 41.1 Å². The van der Waals surface area contributed by atoms with Gasteiger partial charge in [-0.1, -0.05) is 6.92 Å². The smallest absolute Gasteiger partial charge is 0.236 e. The molecule has 0 bridgehead atoms. The summed E-state index contributed by atoms with van der Waals surface area (Å²) >= 11 is 0. The Morgan fingerprint density at radius 1 is 1.46 bits per heavy atom. The normalized spacial score (nSPS) is 20.8. The lowest BCUT2D eigenvalue weighted by Gasteiger charge is -2.15. The molecule has 2 atom stereocenters. The molecule has 1 fully saturated rings. The van der Waals surface area contributed by atoms with Gasteiger partial charge < -0.3 is 10.6 Å². The van der Waals surface area contributed by atoms with Gasteiger partial charge in [-0.25, -0.2) is 0 Å². The van der Waals surface area contributed by atoms with Gasteiger partial charge in [0.1, 0.15) is 0 Å². The second kappa shape index (κ2) is 4.61. The van der Waals surface area contributed by atoms with E-state index in [0.29, 0.717) is 5.92 Å². The lowest BCUT2D eigenvalue weighted by molar-refractivity contribution is -0.122. The Labute approximate surface area is 80.3 Å². The molecule has 76 valence electrons. The van der Waals surface area contributed by atoms with Crippen molar-refractivity contribution in [3.63, 3.8) is 0 Å². The van der Waals surface area contributed by atoms with E-state index in [-0.39, 0.29) is 11.9 Å². The van der Waals surface area contributed by atoms with E-state index < -0.39 is 0 Å². The predicted molar refractivity (Wildman–Crippen MR) is 53.4 cm³/mol. The van der Waals surface area contributed by atoms with E-state index in [2.05, 4.69) is 17.6 Å². The highest BCUT2D eigenvalue weighted by atomic mass is 16.2. The van der Waals surface area contributed by atoms with Crippen molar-refractivity contribution >= 4 is 5.91 Å². The average Bonchev–Trinajstić information content (AvgIpc) is 2.95. The fourth-order valence-electron chi connectivity index (χ4n) is 1.50. The zero-order valence-corrected chi connectivity index (χ0v) is 8.76. The molecule has 1 amide bonds. The molecule has 0 spiro atoms. The van der Waals surface area contributed by atoms with Gasteiger partial charge in [0.05, 0.1) is 6.04 Å². The van der Waals surface area contributed by atoms with E-state index >= 15 is 0 Å². The van der Waals surface area contributed by atoms with Crippen molar-refractivity contribution < 1.29 is 4.79 Å². The molecule has 13 heavy (non-hydrogen) atoms.